The molecule has 3 atom stereocenters. The van der Waals surface area contributed by atoms with Crippen LogP contribution in [0, 0.1) is 0 Å². The smallest absolute Gasteiger partial charge is 0.307 e. The van der Waals surface area contributed by atoms with Gasteiger partial charge in [-0.1, -0.05) is 122 Å². The molecule has 0 aliphatic carbocycles. The molecule has 0 bridgehead atoms. The molecule has 4 aromatic carbocycles. The molecule has 4 rings (SSSR count). The predicted octanol–water partition coefficient (Wildman–Crippen LogP) is 8.29. The molecule has 0 aliphatic heterocycles. The summed E-state index contributed by atoms with van der Waals surface area (Å²) in [4.78, 5) is 29.4. The molecule has 0 saturated carbocycles. The van der Waals surface area contributed by atoms with Crippen molar-refractivity contribution in [3.8, 4) is 0 Å². The van der Waals surface area contributed by atoms with Crippen molar-refractivity contribution in [3.63, 3.8) is 0 Å². The highest BCUT2D eigenvalue weighted by Crippen LogP contribution is 2.30. The van der Waals surface area contributed by atoms with Crippen molar-refractivity contribution in [1.29, 1.82) is 0 Å². The molecule has 6 nitrogen and oxygen atoms in total. The second-order valence-corrected chi connectivity index (χ2v) is 11.7. The summed E-state index contributed by atoms with van der Waals surface area (Å²) in [5.74, 6) is -1.02. The largest absolute Gasteiger partial charge is 0.481 e. The Morgan fingerprint density at radius 2 is 1.16 bits per heavy atom. The van der Waals surface area contributed by atoms with Gasteiger partial charge < -0.3 is 14.7 Å². The number of ether oxygens (including phenoxy) is 1. The second-order valence-electron chi connectivity index (χ2n) is 11.7. The molecule has 1 N–H and O–H groups in total. The van der Waals surface area contributed by atoms with E-state index in [0.717, 1.165) is 36.9 Å². The van der Waals surface area contributed by atoms with Gasteiger partial charge in [-0.05, 0) is 48.6 Å². The fourth-order valence-electron chi connectivity index (χ4n) is 6.12. The minimum atomic E-state index is -0.792. The van der Waals surface area contributed by atoms with Crippen molar-refractivity contribution in [2.24, 2.45) is 0 Å². The zero-order valence-corrected chi connectivity index (χ0v) is 26.5. The number of carbonyl (C=O) groups excluding carboxylic acids is 1. The maximum Gasteiger partial charge on any atom is 0.307 e. The number of unbranched alkanes of at least 4 members (excludes halogenated alkanes) is 1. The fourth-order valence-corrected chi connectivity index (χ4v) is 6.12. The first kappa shape index (κ1) is 33.5. The van der Waals surface area contributed by atoms with Crippen LogP contribution in [0.1, 0.15) is 68.2 Å². The summed E-state index contributed by atoms with van der Waals surface area (Å²) in [5.41, 5.74) is 4.56. The van der Waals surface area contributed by atoms with Crippen molar-refractivity contribution in [1.82, 2.24) is 4.90 Å². The van der Waals surface area contributed by atoms with Gasteiger partial charge in [-0.15, -0.1) is 0 Å². The van der Waals surface area contributed by atoms with Crippen molar-refractivity contribution in [2.75, 3.05) is 12.0 Å². The lowest BCUT2D eigenvalue weighted by Gasteiger charge is -2.37. The fraction of sp³-hybridized carbons (Fsp3) is 0.333. The summed E-state index contributed by atoms with van der Waals surface area (Å²) >= 11 is 0. The van der Waals surface area contributed by atoms with Crippen molar-refractivity contribution in [3.05, 3.63) is 138 Å². The molecule has 6 heteroatoms. The van der Waals surface area contributed by atoms with Crippen LogP contribution in [0.4, 0.5) is 5.69 Å². The first-order valence-electron chi connectivity index (χ1n) is 15.9. The summed E-state index contributed by atoms with van der Waals surface area (Å²) in [5, 5.41) is 9.98. The van der Waals surface area contributed by atoms with Gasteiger partial charge in [-0.25, -0.2) is 0 Å². The van der Waals surface area contributed by atoms with Gasteiger partial charge in [-0.3, -0.25) is 14.5 Å². The Balaban J connectivity index is 1.52. The van der Waals surface area contributed by atoms with Crippen LogP contribution < -0.4 is 4.90 Å². The van der Waals surface area contributed by atoms with E-state index < -0.39 is 5.97 Å². The molecule has 0 heterocycles. The molecule has 0 aliphatic rings. The van der Waals surface area contributed by atoms with E-state index >= 15 is 0 Å². The van der Waals surface area contributed by atoms with E-state index in [1.165, 1.54) is 18.2 Å². The molecule has 4 aromatic rings. The van der Waals surface area contributed by atoms with Gasteiger partial charge in [0.25, 0.3) is 0 Å². The van der Waals surface area contributed by atoms with E-state index in [9.17, 15) is 14.7 Å². The van der Waals surface area contributed by atoms with Crippen LogP contribution in [0.25, 0.3) is 0 Å². The molecule has 0 amide bonds. The highest BCUT2D eigenvalue weighted by Gasteiger charge is 2.28. The third-order valence-corrected chi connectivity index (χ3v) is 8.55. The van der Waals surface area contributed by atoms with Crippen LogP contribution in [0.5, 0.6) is 0 Å². The summed E-state index contributed by atoms with van der Waals surface area (Å²) < 4.78 is 5.12. The Labute approximate surface area is 268 Å². The minimum absolute atomic E-state index is 0.0438. The number of hydrogen-bond acceptors (Lipinski definition) is 5. The normalized spacial score (nSPS) is 13.1. The van der Waals surface area contributed by atoms with Crippen molar-refractivity contribution >= 4 is 17.6 Å². The standard InChI is InChI=1S/C39H46N2O4/c1-31(34-21-11-5-12-22-34)40(29-32-17-7-3-8-18-32)36(27-38(42)43)25-15-16-26-37(28-39(44)45-2)41(35-23-13-6-14-24-35)30-33-19-9-4-10-20-33/h3-14,17-24,31,36-37H,15-16,25-30H2,1-2H3,(H,42,43)/t31-,36?,37?/m1/s1. The molecule has 236 valence electrons. The molecular formula is C39H46N2O4. The van der Waals surface area contributed by atoms with Crippen LogP contribution in [0.15, 0.2) is 121 Å². The first-order chi connectivity index (χ1) is 21.9. The molecular weight excluding hydrogens is 560 g/mol. The van der Waals surface area contributed by atoms with Crippen LogP contribution >= 0.6 is 0 Å². The van der Waals surface area contributed by atoms with Gasteiger partial charge in [0.05, 0.1) is 20.0 Å². The second kappa shape index (κ2) is 17.8. The Kier molecular flexibility index (Phi) is 13.2. The molecule has 45 heavy (non-hydrogen) atoms. The number of anilines is 1. The highest BCUT2D eigenvalue weighted by molar-refractivity contribution is 5.71. The van der Waals surface area contributed by atoms with Gasteiger partial charge in [0.15, 0.2) is 0 Å². The maximum atomic E-state index is 12.6. The number of hydrogen-bond donors (Lipinski definition) is 1. The predicted molar refractivity (Wildman–Crippen MR) is 181 cm³/mol. The third kappa shape index (κ3) is 10.6. The van der Waals surface area contributed by atoms with E-state index in [0.29, 0.717) is 13.1 Å². The van der Waals surface area contributed by atoms with E-state index in [1.807, 2.05) is 72.8 Å². The van der Waals surface area contributed by atoms with Gasteiger partial charge in [0.2, 0.25) is 0 Å². The molecule has 0 radical (unpaired) electrons. The quantitative estimate of drug-likeness (QED) is 0.0908. The van der Waals surface area contributed by atoms with Crippen LogP contribution in [0.2, 0.25) is 0 Å². The topological polar surface area (TPSA) is 70.1 Å². The monoisotopic (exact) mass is 606 g/mol. The Morgan fingerprint density at radius 1 is 0.667 bits per heavy atom. The molecule has 0 aromatic heterocycles. The average molecular weight is 607 g/mol. The summed E-state index contributed by atoms with van der Waals surface area (Å²) in [6, 6.07) is 40.9. The first-order valence-corrected chi connectivity index (χ1v) is 15.9. The summed E-state index contributed by atoms with van der Waals surface area (Å²) in [7, 11) is 1.44. The number of benzene rings is 4. The maximum absolute atomic E-state index is 12.6. The van der Waals surface area contributed by atoms with Crippen molar-refractivity contribution < 1.29 is 19.4 Å². The van der Waals surface area contributed by atoms with Crippen molar-refractivity contribution in [2.45, 2.75) is 76.7 Å². The molecule has 0 spiro atoms. The van der Waals surface area contributed by atoms with Gasteiger partial charge in [-0.2, -0.15) is 0 Å². The number of carboxylic acid groups (broad SMARTS) is 1. The van der Waals surface area contributed by atoms with E-state index in [4.69, 9.17) is 4.74 Å². The van der Waals surface area contributed by atoms with Crippen LogP contribution in [0.3, 0.4) is 0 Å². The number of carboxylic acids is 1. The van der Waals surface area contributed by atoms with Gasteiger partial charge in [0.1, 0.15) is 0 Å². The average Bonchev–Trinajstić information content (AvgIpc) is 3.08. The van der Waals surface area contributed by atoms with Gasteiger partial charge in [0, 0.05) is 36.9 Å². The lowest BCUT2D eigenvalue weighted by Crippen LogP contribution is -2.39. The van der Waals surface area contributed by atoms with E-state index in [2.05, 4.69) is 65.3 Å². The third-order valence-electron chi connectivity index (χ3n) is 8.55. The van der Waals surface area contributed by atoms with Crippen LogP contribution in [-0.2, 0) is 27.4 Å². The number of methoxy groups -OCH3 is 1. The number of aliphatic carboxylic acids is 1. The molecule has 0 saturated heterocycles. The van der Waals surface area contributed by atoms with E-state index in [1.54, 1.807) is 0 Å². The van der Waals surface area contributed by atoms with E-state index in [-0.39, 0.29) is 36.9 Å². The minimum Gasteiger partial charge on any atom is -0.481 e. The number of para-hydroxylation sites is 1. The SMILES string of the molecule is COC(=O)CC(CCCCC(CC(=O)O)N(Cc1ccccc1)[C@H](C)c1ccccc1)N(Cc1ccccc1)c1ccccc1. The number of nitrogens with zero attached hydrogens (tertiary/aromatic N) is 2. The van der Waals surface area contributed by atoms with Crippen LogP contribution in [-0.4, -0.2) is 41.1 Å². The highest BCUT2D eigenvalue weighted by atomic mass is 16.5. The number of carbonyl (C=O) groups is 2. The summed E-state index contributed by atoms with van der Waals surface area (Å²) in [6.07, 6.45) is 3.57. The molecule has 0 fully saturated rings. The van der Waals surface area contributed by atoms with Gasteiger partial charge >= 0.3 is 11.9 Å². The summed E-state index contributed by atoms with van der Waals surface area (Å²) in [6.45, 7) is 3.51. The number of esters is 1. The zero-order chi connectivity index (χ0) is 31.9. The molecule has 2 unspecified atom stereocenters. The Bertz CT molecular complexity index is 1420. The number of rotatable bonds is 18. The Morgan fingerprint density at radius 3 is 1.69 bits per heavy atom. The zero-order valence-electron chi connectivity index (χ0n) is 26.5. The lowest BCUT2D eigenvalue weighted by molar-refractivity contribution is -0.141. The Hall–Kier alpha value is -4.42. The lowest BCUT2D eigenvalue weighted by atomic mass is 9.96.